The van der Waals surface area contributed by atoms with Crippen molar-refractivity contribution in [3.63, 3.8) is 0 Å². The van der Waals surface area contributed by atoms with Crippen LogP contribution in [0.1, 0.15) is 16.8 Å². The summed E-state index contributed by atoms with van der Waals surface area (Å²) in [6.45, 7) is 1.49. The Morgan fingerprint density at radius 2 is 2.11 bits per heavy atom. The SMILES string of the molecule is O=C(NCCC[NH+]1C=CN=C1)c1ccc(F)cc1. The van der Waals surface area contributed by atoms with Crippen LogP contribution in [0.3, 0.4) is 0 Å². The van der Waals surface area contributed by atoms with Crippen LogP contribution in [0.5, 0.6) is 0 Å². The van der Waals surface area contributed by atoms with Gasteiger partial charge < -0.3 is 5.32 Å². The number of carbonyl (C=O) groups is 1. The van der Waals surface area contributed by atoms with E-state index in [1.807, 2.05) is 12.5 Å². The van der Waals surface area contributed by atoms with Crippen LogP contribution in [0.4, 0.5) is 4.39 Å². The lowest BCUT2D eigenvalue weighted by atomic mass is 10.2. The Kier molecular flexibility index (Phi) is 4.20. The molecular weight excluding hydrogens is 233 g/mol. The molecule has 5 heteroatoms. The van der Waals surface area contributed by atoms with Crippen molar-refractivity contribution < 1.29 is 14.1 Å². The summed E-state index contributed by atoms with van der Waals surface area (Å²) in [6.07, 6.45) is 6.40. The van der Waals surface area contributed by atoms with Crippen LogP contribution in [0.25, 0.3) is 0 Å². The van der Waals surface area contributed by atoms with Gasteiger partial charge in [0.2, 0.25) is 0 Å². The minimum atomic E-state index is -0.338. The highest BCUT2D eigenvalue weighted by Crippen LogP contribution is 2.02. The summed E-state index contributed by atoms with van der Waals surface area (Å²) < 4.78 is 12.7. The minimum absolute atomic E-state index is 0.171. The summed E-state index contributed by atoms with van der Waals surface area (Å²) in [5.74, 6) is -0.508. The van der Waals surface area contributed by atoms with Gasteiger partial charge in [0.15, 0.2) is 6.34 Å². The molecule has 0 bridgehead atoms. The van der Waals surface area contributed by atoms with Crippen LogP contribution in [0.2, 0.25) is 0 Å². The Bertz CT molecular complexity index is 456. The van der Waals surface area contributed by atoms with E-state index in [2.05, 4.69) is 10.3 Å². The van der Waals surface area contributed by atoms with Crippen molar-refractivity contribution in [1.29, 1.82) is 0 Å². The first-order valence-corrected chi connectivity index (χ1v) is 5.85. The maximum Gasteiger partial charge on any atom is 0.251 e. The van der Waals surface area contributed by atoms with Crippen molar-refractivity contribution in [3.8, 4) is 0 Å². The first kappa shape index (κ1) is 12.4. The summed E-state index contributed by atoms with van der Waals surface area (Å²) in [6, 6.07) is 5.52. The van der Waals surface area contributed by atoms with Gasteiger partial charge in [-0.25, -0.2) is 9.38 Å². The summed E-state index contributed by atoms with van der Waals surface area (Å²) in [5.41, 5.74) is 0.478. The second-order valence-corrected chi connectivity index (χ2v) is 4.04. The molecule has 1 heterocycles. The number of halogens is 1. The highest BCUT2D eigenvalue weighted by molar-refractivity contribution is 5.94. The molecule has 0 radical (unpaired) electrons. The number of aliphatic imine (C=N–C) groups is 1. The number of nitrogens with zero attached hydrogens (tertiary/aromatic N) is 1. The van der Waals surface area contributed by atoms with E-state index in [9.17, 15) is 9.18 Å². The van der Waals surface area contributed by atoms with Gasteiger partial charge >= 0.3 is 0 Å². The van der Waals surface area contributed by atoms with Gasteiger partial charge in [0.05, 0.1) is 12.7 Å². The fourth-order valence-electron chi connectivity index (χ4n) is 1.67. The van der Waals surface area contributed by atoms with Crippen molar-refractivity contribution in [2.24, 2.45) is 4.99 Å². The maximum absolute atomic E-state index is 12.7. The summed E-state index contributed by atoms with van der Waals surface area (Å²) in [4.78, 5) is 16.8. The van der Waals surface area contributed by atoms with Crippen LogP contribution in [0.15, 0.2) is 41.7 Å². The molecule has 18 heavy (non-hydrogen) atoms. The van der Waals surface area contributed by atoms with Crippen molar-refractivity contribution >= 4 is 12.2 Å². The number of carbonyl (C=O) groups excluding carboxylic acids is 1. The molecule has 0 aromatic heterocycles. The molecule has 94 valence electrons. The van der Waals surface area contributed by atoms with Gasteiger partial charge in [-0.1, -0.05) is 0 Å². The molecule has 0 saturated carbocycles. The maximum atomic E-state index is 12.7. The van der Waals surface area contributed by atoms with E-state index in [-0.39, 0.29) is 11.7 Å². The third-order valence-electron chi connectivity index (χ3n) is 2.65. The predicted molar refractivity (Wildman–Crippen MR) is 66.8 cm³/mol. The largest absolute Gasteiger partial charge is 0.352 e. The fourth-order valence-corrected chi connectivity index (χ4v) is 1.67. The predicted octanol–water partition coefficient (Wildman–Crippen LogP) is 0.344. The van der Waals surface area contributed by atoms with Gasteiger partial charge in [0.1, 0.15) is 12.0 Å². The molecule has 0 aliphatic carbocycles. The van der Waals surface area contributed by atoms with E-state index in [0.29, 0.717) is 12.1 Å². The van der Waals surface area contributed by atoms with Gasteiger partial charge in [-0.2, -0.15) is 0 Å². The molecule has 0 saturated heterocycles. The van der Waals surface area contributed by atoms with Crippen molar-refractivity contribution in [2.45, 2.75) is 6.42 Å². The van der Waals surface area contributed by atoms with E-state index >= 15 is 0 Å². The minimum Gasteiger partial charge on any atom is -0.352 e. The van der Waals surface area contributed by atoms with Crippen LogP contribution in [0, 0.1) is 5.82 Å². The molecule has 4 nitrogen and oxygen atoms in total. The fraction of sp³-hybridized carbons (Fsp3) is 0.231. The zero-order valence-electron chi connectivity index (χ0n) is 9.90. The van der Waals surface area contributed by atoms with Crippen molar-refractivity contribution in [2.75, 3.05) is 13.1 Å². The van der Waals surface area contributed by atoms with E-state index in [4.69, 9.17) is 0 Å². The van der Waals surface area contributed by atoms with Gasteiger partial charge in [-0.15, -0.1) is 0 Å². The van der Waals surface area contributed by atoms with E-state index in [0.717, 1.165) is 13.0 Å². The zero-order chi connectivity index (χ0) is 12.8. The number of rotatable bonds is 5. The lowest BCUT2D eigenvalue weighted by Crippen LogP contribution is -3.05. The monoisotopic (exact) mass is 248 g/mol. The number of benzene rings is 1. The molecule has 1 aliphatic heterocycles. The number of quaternary nitrogens is 1. The summed E-state index contributed by atoms with van der Waals surface area (Å²) >= 11 is 0. The van der Waals surface area contributed by atoms with Gasteiger partial charge in [0.25, 0.3) is 5.91 Å². The lowest BCUT2D eigenvalue weighted by Gasteiger charge is -2.07. The quantitative estimate of drug-likeness (QED) is 0.725. The Balaban J connectivity index is 1.70. The molecule has 1 aromatic rings. The Hall–Kier alpha value is -2.01. The molecule has 1 aromatic carbocycles. The normalized spacial score (nSPS) is 17.1. The highest BCUT2D eigenvalue weighted by Gasteiger charge is 2.07. The number of hydrogen-bond acceptors (Lipinski definition) is 2. The van der Waals surface area contributed by atoms with Crippen LogP contribution in [-0.2, 0) is 0 Å². The summed E-state index contributed by atoms with van der Waals surface area (Å²) in [7, 11) is 0. The van der Waals surface area contributed by atoms with Crippen molar-refractivity contribution in [1.82, 2.24) is 5.32 Å². The Morgan fingerprint density at radius 3 is 2.78 bits per heavy atom. The molecular formula is C13H15FN3O+. The standard InChI is InChI=1S/C13H14FN3O/c14-12-4-2-11(3-5-12)13(18)16-6-1-8-17-9-7-15-10-17/h2-5,7,9-10H,1,6,8H2,(H,16,18)/p+1. The molecule has 1 unspecified atom stereocenters. The topological polar surface area (TPSA) is 45.9 Å². The van der Waals surface area contributed by atoms with E-state index < -0.39 is 0 Å². The average molecular weight is 248 g/mol. The zero-order valence-corrected chi connectivity index (χ0v) is 9.90. The molecule has 2 rings (SSSR count). The third-order valence-corrected chi connectivity index (χ3v) is 2.65. The third kappa shape index (κ3) is 3.49. The highest BCUT2D eigenvalue weighted by atomic mass is 19.1. The van der Waals surface area contributed by atoms with Gasteiger partial charge in [0, 0.05) is 18.5 Å². The van der Waals surface area contributed by atoms with Crippen molar-refractivity contribution in [3.05, 3.63) is 48.0 Å². The van der Waals surface area contributed by atoms with E-state index in [1.165, 1.54) is 29.2 Å². The summed E-state index contributed by atoms with van der Waals surface area (Å²) in [5, 5.41) is 2.80. The number of hydrogen-bond donors (Lipinski definition) is 2. The Labute approximate surface area is 105 Å². The van der Waals surface area contributed by atoms with Crippen LogP contribution in [-0.4, -0.2) is 25.3 Å². The molecule has 0 spiro atoms. The van der Waals surface area contributed by atoms with Crippen LogP contribution < -0.4 is 10.2 Å². The van der Waals surface area contributed by atoms with E-state index in [1.54, 1.807) is 6.20 Å². The average Bonchev–Trinajstić information content (AvgIpc) is 2.88. The number of nitrogens with one attached hydrogen (secondary N) is 2. The molecule has 1 atom stereocenters. The second kappa shape index (κ2) is 6.07. The smallest absolute Gasteiger partial charge is 0.251 e. The molecule has 1 amide bonds. The number of amides is 1. The lowest BCUT2D eigenvalue weighted by molar-refractivity contribution is -0.736. The first-order valence-electron chi connectivity index (χ1n) is 5.85. The second-order valence-electron chi connectivity index (χ2n) is 4.04. The molecule has 2 N–H and O–H groups in total. The Morgan fingerprint density at radius 1 is 1.33 bits per heavy atom. The van der Waals surface area contributed by atoms with Gasteiger partial charge in [-0.05, 0) is 24.3 Å². The molecule has 0 fully saturated rings. The van der Waals surface area contributed by atoms with Crippen LogP contribution >= 0.6 is 0 Å². The van der Waals surface area contributed by atoms with Gasteiger partial charge in [-0.3, -0.25) is 9.69 Å². The molecule has 1 aliphatic rings. The first-order chi connectivity index (χ1) is 8.75.